The minimum absolute atomic E-state index is 0.0872. The molecule has 0 aromatic heterocycles. The van der Waals surface area contributed by atoms with E-state index in [1.807, 2.05) is 30.3 Å². The van der Waals surface area contributed by atoms with E-state index >= 15 is 0 Å². The van der Waals surface area contributed by atoms with Crippen molar-refractivity contribution in [1.82, 2.24) is 5.32 Å². The molecule has 0 saturated heterocycles. The zero-order chi connectivity index (χ0) is 20.5. The van der Waals surface area contributed by atoms with E-state index < -0.39 is 24.2 Å². The Bertz CT molecular complexity index is 760. The Morgan fingerprint density at radius 1 is 1.00 bits per heavy atom. The first kappa shape index (κ1) is 21.2. The van der Waals surface area contributed by atoms with Gasteiger partial charge >= 0.3 is 12.1 Å². The Morgan fingerprint density at radius 2 is 1.61 bits per heavy atom. The molecule has 0 aliphatic carbocycles. The normalized spacial score (nSPS) is 12.8. The second kappa shape index (κ2) is 10.3. The van der Waals surface area contributed by atoms with Crippen molar-refractivity contribution in [3.05, 3.63) is 60.2 Å². The summed E-state index contributed by atoms with van der Waals surface area (Å²) in [7, 11) is 1.53. The summed E-state index contributed by atoms with van der Waals surface area (Å²) in [6.45, 7) is 3.63. The fourth-order valence-corrected chi connectivity index (χ4v) is 2.48. The van der Waals surface area contributed by atoms with E-state index in [1.54, 1.807) is 38.1 Å². The van der Waals surface area contributed by atoms with Crippen molar-refractivity contribution < 1.29 is 28.9 Å². The summed E-state index contributed by atoms with van der Waals surface area (Å²) in [5.74, 6) is -0.225. The molecule has 2 rings (SSSR count). The van der Waals surface area contributed by atoms with Crippen LogP contribution in [0, 0.1) is 5.92 Å². The number of benzene rings is 2. The topological polar surface area (TPSA) is 94.1 Å². The molecule has 2 aromatic carbocycles. The lowest BCUT2D eigenvalue weighted by Gasteiger charge is -2.25. The average molecular weight is 387 g/mol. The van der Waals surface area contributed by atoms with Crippen LogP contribution in [-0.2, 0) is 16.1 Å². The molecule has 2 atom stereocenters. The number of aliphatic hydroxyl groups is 1. The molecule has 0 heterocycles. The minimum atomic E-state index is -1.55. The summed E-state index contributed by atoms with van der Waals surface area (Å²) in [5.41, 5.74) is 0.832. The highest BCUT2D eigenvalue weighted by atomic mass is 16.6. The van der Waals surface area contributed by atoms with Gasteiger partial charge in [-0.3, -0.25) is 0 Å². The second-order valence-electron chi connectivity index (χ2n) is 6.52. The van der Waals surface area contributed by atoms with Crippen LogP contribution in [0.1, 0.15) is 19.4 Å². The molecule has 0 aliphatic heterocycles. The highest BCUT2D eigenvalue weighted by Crippen LogP contribution is 2.18. The molecule has 0 fully saturated rings. The predicted molar refractivity (Wildman–Crippen MR) is 103 cm³/mol. The van der Waals surface area contributed by atoms with Gasteiger partial charge in [-0.1, -0.05) is 44.2 Å². The Kier molecular flexibility index (Phi) is 7.83. The highest BCUT2D eigenvalue weighted by molar-refractivity contribution is 5.79. The Balaban J connectivity index is 1.92. The molecule has 1 amide bonds. The molecular formula is C21H25NO6. The average Bonchev–Trinajstić information content (AvgIpc) is 2.71. The van der Waals surface area contributed by atoms with Crippen molar-refractivity contribution in [2.75, 3.05) is 7.11 Å². The largest absolute Gasteiger partial charge is 0.497 e. The number of aliphatic hydroxyl groups excluding tert-OH is 1. The van der Waals surface area contributed by atoms with Crippen LogP contribution < -0.4 is 14.8 Å². The Hall–Kier alpha value is -3.06. The van der Waals surface area contributed by atoms with E-state index in [-0.39, 0.29) is 18.3 Å². The fraction of sp³-hybridized carbons (Fsp3) is 0.333. The molecule has 2 aromatic rings. The molecular weight excluding hydrogens is 362 g/mol. The zero-order valence-electron chi connectivity index (χ0n) is 16.1. The number of amides is 1. The number of rotatable bonds is 8. The first-order valence-electron chi connectivity index (χ1n) is 8.91. The van der Waals surface area contributed by atoms with Gasteiger partial charge in [0.1, 0.15) is 18.1 Å². The zero-order valence-corrected chi connectivity index (χ0v) is 16.1. The SMILES string of the molecule is COc1ccc(OC(=O)[C@H](O)[C@@H](NC(=O)OCc2ccccc2)C(C)C)cc1. The van der Waals surface area contributed by atoms with Gasteiger partial charge in [0.15, 0.2) is 6.10 Å². The lowest BCUT2D eigenvalue weighted by molar-refractivity contribution is -0.145. The van der Waals surface area contributed by atoms with Crippen molar-refractivity contribution >= 4 is 12.1 Å². The van der Waals surface area contributed by atoms with Crippen molar-refractivity contribution in [2.45, 2.75) is 32.6 Å². The van der Waals surface area contributed by atoms with Crippen LogP contribution in [0.25, 0.3) is 0 Å². The van der Waals surface area contributed by atoms with Gasteiger partial charge in [0.05, 0.1) is 13.2 Å². The quantitative estimate of drug-likeness (QED) is 0.534. The van der Waals surface area contributed by atoms with E-state index in [0.717, 1.165) is 5.56 Å². The van der Waals surface area contributed by atoms with Crippen molar-refractivity contribution in [2.24, 2.45) is 5.92 Å². The van der Waals surface area contributed by atoms with Crippen LogP contribution in [-0.4, -0.2) is 36.4 Å². The monoisotopic (exact) mass is 387 g/mol. The summed E-state index contributed by atoms with van der Waals surface area (Å²) in [5, 5.41) is 12.9. The van der Waals surface area contributed by atoms with E-state index in [1.165, 1.54) is 7.11 Å². The number of carbonyl (C=O) groups excluding carboxylic acids is 2. The van der Waals surface area contributed by atoms with Gasteiger partial charge < -0.3 is 24.6 Å². The molecule has 0 unspecified atom stereocenters. The van der Waals surface area contributed by atoms with Crippen LogP contribution in [0.4, 0.5) is 4.79 Å². The summed E-state index contributed by atoms with van der Waals surface area (Å²) in [6.07, 6.45) is -2.27. The third kappa shape index (κ3) is 6.28. The van der Waals surface area contributed by atoms with Crippen molar-refractivity contribution in [3.63, 3.8) is 0 Å². The molecule has 0 radical (unpaired) electrons. The molecule has 0 bridgehead atoms. The second-order valence-corrected chi connectivity index (χ2v) is 6.52. The van der Waals surface area contributed by atoms with Crippen LogP contribution in [0.2, 0.25) is 0 Å². The maximum Gasteiger partial charge on any atom is 0.407 e. The number of carbonyl (C=O) groups is 2. The first-order chi connectivity index (χ1) is 13.4. The van der Waals surface area contributed by atoms with Crippen LogP contribution in [0.5, 0.6) is 11.5 Å². The fourth-order valence-electron chi connectivity index (χ4n) is 2.48. The van der Waals surface area contributed by atoms with Gasteiger partial charge in [0.2, 0.25) is 0 Å². The molecule has 0 spiro atoms. The van der Waals surface area contributed by atoms with Crippen molar-refractivity contribution in [1.29, 1.82) is 0 Å². The smallest absolute Gasteiger partial charge is 0.407 e. The summed E-state index contributed by atoms with van der Waals surface area (Å²) in [6, 6.07) is 14.7. The van der Waals surface area contributed by atoms with Gasteiger partial charge in [-0.25, -0.2) is 9.59 Å². The Morgan fingerprint density at radius 3 is 2.18 bits per heavy atom. The third-order valence-electron chi connectivity index (χ3n) is 4.08. The number of alkyl carbamates (subject to hydrolysis) is 1. The maximum atomic E-state index is 12.3. The number of methoxy groups -OCH3 is 1. The number of nitrogens with one attached hydrogen (secondary N) is 1. The predicted octanol–water partition coefficient (Wildman–Crippen LogP) is 2.91. The lowest BCUT2D eigenvalue weighted by Crippen LogP contribution is -2.51. The minimum Gasteiger partial charge on any atom is -0.497 e. The molecule has 150 valence electrons. The third-order valence-corrected chi connectivity index (χ3v) is 4.08. The number of hydrogen-bond acceptors (Lipinski definition) is 6. The van der Waals surface area contributed by atoms with Gasteiger partial charge in [0, 0.05) is 0 Å². The molecule has 28 heavy (non-hydrogen) atoms. The van der Waals surface area contributed by atoms with Crippen LogP contribution in [0.3, 0.4) is 0 Å². The summed E-state index contributed by atoms with van der Waals surface area (Å²) >= 11 is 0. The van der Waals surface area contributed by atoms with Crippen LogP contribution in [0.15, 0.2) is 54.6 Å². The van der Waals surface area contributed by atoms with Gasteiger partial charge in [-0.15, -0.1) is 0 Å². The van der Waals surface area contributed by atoms with Gasteiger partial charge in [0.25, 0.3) is 0 Å². The van der Waals surface area contributed by atoms with E-state index in [4.69, 9.17) is 14.2 Å². The molecule has 7 nitrogen and oxygen atoms in total. The van der Waals surface area contributed by atoms with Gasteiger partial charge in [-0.05, 0) is 35.7 Å². The van der Waals surface area contributed by atoms with E-state index in [9.17, 15) is 14.7 Å². The summed E-state index contributed by atoms with van der Waals surface area (Å²) < 4.78 is 15.4. The number of esters is 1. The molecule has 7 heteroatoms. The summed E-state index contributed by atoms with van der Waals surface area (Å²) in [4.78, 5) is 24.4. The highest BCUT2D eigenvalue weighted by Gasteiger charge is 2.32. The number of ether oxygens (including phenoxy) is 3. The Labute approximate surface area is 164 Å². The number of hydrogen-bond donors (Lipinski definition) is 2. The molecule has 0 aliphatic rings. The first-order valence-corrected chi connectivity index (χ1v) is 8.91. The van der Waals surface area contributed by atoms with Gasteiger partial charge in [-0.2, -0.15) is 0 Å². The lowest BCUT2D eigenvalue weighted by atomic mass is 9.99. The van der Waals surface area contributed by atoms with Crippen molar-refractivity contribution in [3.8, 4) is 11.5 Å². The van der Waals surface area contributed by atoms with Crippen LogP contribution >= 0.6 is 0 Å². The van der Waals surface area contributed by atoms with E-state index in [2.05, 4.69) is 5.32 Å². The van der Waals surface area contributed by atoms with E-state index in [0.29, 0.717) is 5.75 Å². The standard InChI is InChI=1S/C21H25NO6/c1-14(2)18(22-21(25)27-13-15-7-5-4-6-8-15)19(23)20(24)28-17-11-9-16(26-3)10-12-17/h4-12,14,18-19,23H,13H2,1-3H3,(H,22,25)/t18-,19+/m0/s1. The molecule has 2 N–H and O–H groups in total. The molecule has 0 saturated carbocycles. The maximum absolute atomic E-state index is 12.3.